The predicted molar refractivity (Wildman–Crippen MR) is 144 cm³/mol. The van der Waals surface area contributed by atoms with Gasteiger partial charge in [0.05, 0.1) is 37.1 Å². The molecule has 36 heavy (non-hydrogen) atoms. The van der Waals surface area contributed by atoms with E-state index in [1.165, 1.54) is 7.11 Å². The Hall–Kier alpha value is -2.12. The lowest BCUT2D eigenvalue weighted by Gasteiger charge is -2.49. The van der Waals surface area contributed by atoms with Crippen molar-refractivity contribution >= 4 is 35.1 Å². The minimum atomic E-state index is -0.642. The molecule has 2 aliphatic rings. The van der Waals surface area contributed by atoms with Crippen LogP contribution in [0.3, 0.4) is 0 Å². The van der Waals surface area contributed by atoms with Crippen LogP contribution in [0, 0.1) is 5.41 Å². The van der Waals surface area contributed by atoms with Crippen molar-refractivity contribution in [2.75, 3.05) is 13.7 Å². The van der Waals surface area contributed by atoms with E-state index < -0.39 is 17.7 Å². The van der Waals surface area contributed by atoms with Gasteiger partial charge >= 0.3 is 5.97 Å². The van der Waals surface area contributed by atoms with Crippen LogP contribution >= 0.6 is 23.2 Å². The van der Waals surface area contributed by atoms with Gasteiger partial charge in [0.25, 0.3) is 0 Å². The minimum Gasteiger partial charge on any atom is -0.465 e. The number of hydrogen-bond donors (Lipinski definition) is 1. The summed E-state index contributed by atoms with van der Waals surface area (Å²) in [6, 6.07) is 4.59. The largest absolute Gasteiger partial charge is 0.465 e. The monoisotopic (exact) mass is 534 g/mol. The van der Waals surface area contributed by atoms with E-state index in [1.807, 2.05) is 24.0 Å². The average molecular weight is 536 g/mol. The molecule has 1 amide bonds. The Balaban J connectivity index is 2.01. The number of alkyl halides is 1. The number of ether oxygens (including phenoxy) is 2. The van der Waals surface area contributed by atoms with Gasteiger partial charge in [-0.3, -0.25) is 10.1 Å². The summed E-state index contributed by atoms with van der Waals surface area (Å²) in [7, 11) is 1.31. The highest BCUT2D eigenvalue weighted by molar-refractivity contribution is 6.30. The zero-order valence-corrected chi connectivity index (χ0v) is 23.2. The molecule has 2 aliphatic heterocycles. The molecule has 6 nitrogen and oxygen atoms in total. The highest BCUT2D eigenvalue weighted by Gasteiger charge is 2.56. The second-order valence-electron chi connectivity index (χ2n) is 10.6. The third kappa shape index (κ3) is 5.88. The summed E-state index contributed by atoms with van der Waals surface area (Å²) in [6.07, 6.45) is 4.47. The van der Waals surface area contributed by atoms with E-state index in [0.29, 0.717) is 35.9 Å². The highest BCUT2D eigenvalue weighted by Crippen LogP contribution is 2.44. The summed E-state index contributed by atoms with van der Waals surface area (Å²) in [5.41, 5.74) is 1.75. The van der Waals surface area contributed by atoms with Crippen LogP contribution in [0.4, 0.5) is 0 Å². The van der Waals surface area contributed by atoms with Crippen LogP contribution in [0.2, 0.25) is 5.02 Å². The van der Waals surface area contributed by atoms with Gasteiger partial charge < -0.3 is 14.4 Å². The number of nitrogens with zero attached hydrogens (tertiary/aromatic N) is 1. The van der Waals surface area contributed by atoms with Crippen molar-refractivity contribution in [1.82, 2.24) is 10.2 Å². The van der Waals surface area contributed by atoms with Crippen molar-refractivity contribution in [1.29, 1.82) is 0 Å². The fourth-order valence-electron chi connectivity index (χ4n) is 4.91. The minimum absolute atomic E-state index is 0.0549. The van der Waals surface area contributed by atoms with Crippen molar-refractivity contribution in [3.63, 3.8) is 0 Å². The molecule has 2 heterocycles. The SMILES string of the molecule is C=C(/C=C\C(=C)C(C)N1C(=O)C(c2cc(Cl)cc(CCl)c2)NC12CCOC(C(C)(C)C)C2)C(=O)OC. The number of hydrogen-bond acceptors (Lipinski definition) is 5. The molecule has 1 aromatic rings. The van der Waals surface area contributed by atoms with Gasteiger partial charge in [0.1, 0.15) is 6.04 Å². The maximum Gasteiger partial charge on any atom is 0.337 e. The van der Waals surface area contributed by atoms with E-state index in [2.05, 4.69) is 39.2 Å². The van der Waals surface area contributed by atoms with Gasteiger partial charge in [0.15, 0.2) is 0 Å². The maximum atomic E-state index is 14.1. The number of carbonyl (C=O) groups excluding carboxylic acids is 2. The normalized spacial score (nSPS) is 25.4. The molecule has 1 spiro atoms. The molecule has 2 saturated heterocycles. The van der Waals surface area contributed by atoms with Crippen LogP contribution < -0.4 is 5.32 Å². The van der Waals surface area contributed by atoms with Gasteiger partial charge in [-0.05, 0) is 47.2 Å². The van der Waals surface area contributed by atoms with Gasteiger partial charge in [0, 0.05) is 23.7 Å². The Morgan fingerprint density at radius 1 is 1.33 bits per heavy atom. The summed E-state index contributed by atoms with van der Waals surface area (Å²) < 4.78 is 10.9. The predicted octanol–water partition coefficient (Wildman–Crippen LogP) is 5.70. The summed E-state index contributed by atoms with van der Waals surface area (Å²) >= 11 is 12.5. The first kappa shape index (κ1) is 28.5. The summed E-state index contributed by atoms with van der Waals surface area (Å²) in [5, 5.41) is 4.20. The Morgan fingerprint density at radius 2 is 2.03 bits per heavy atom. The number of esters is 1. The number of carbonyl (C=O) groups is 2. The smallest absolute Gasteiger partial charge is 0.337 e. The quantitative estimate of drug-likeness (QED) is 0.210. The molecular formula is C28H36Cl2N2O4. The van der Waals surface area contributed by atoms with E-state index >= 15 is 0 Å². The van der Waals surface area contributed by atoms with Crippen LogP contribution in [0.5, 0.6) is 0 Å². The van der Waals surface area contributed by atoms with Gasteiger partial charge in [0.2, 0.25) is 5.91 Å². The third-order valence-electron chi connectivity index (χ3n) is 7.02. The molecule has 0 aliphatic carbocycles. The number of nitrogens with one attached hydrogen (secondary N) is 1. The van der Waals surface area contributed by atoms with Crippen molar-refractivity contribution in [2.45, 2.75) is 70.3 Å². The molecular weight excluding hydrogens is 499 g/mol. The maximum absolute atomic E-state index is 14.1. The molecule has 0 bridgehead atoms. The third-order valence-corrected chi connectivity index (χ3v) is 7.55. The van der Waals surface area contributed by atoms with Crippen LogP contribution in [-0.2, 0) is 24.9 Å². The Labute approximate surface area is 224 Å². The topological polar surface area (TPSA) is 67.9 Å². The van der Waals surface area contributed by atoms with Crippen LogP contribution in [0.25, 0.3) is 0 Å². The van der Waals surface area contributed by atoms with Crippen molar-refractivity contribution in [3.8, 4) is 0 Å². The highest BCUT2D eigenvalue weighted by atomic mass is 35.5. The first-order valence-corrected chi connectivity index (χ1v) is 13.0. The zero-order chi connectivity index (χ0) is 26.8. The van der Waals surface area contributed by atoms with E-state index in [-0.39, 0.29) is 29.0 Å². The van der Waals surface area contributed by atoms with Gasteiger partial charge in [-0.15, -0.1) is 11.6 Å². The lowest BCUT2D eigenvalue weighted by molar-refractivity contribution is -0.144. The van der Waals surface area contributed by atoms with Crippen molar-refractivity contribution in [3.05, 3.63) is 70.8 Å². The zero-order valence-electron chi connectivity index (χ0n) is 21.7. The molecule has 0 aromatic heterocycles. The van der Waals surface area contributed by atoms with Gasteiger partial charge in [-0.1, -0.05) is 57.7 Å². The summed E-state index contributed by atoms with van der Waals surface area (Å²) in [6.45, 7) is 16.8. The first-order valence-electron chi connectivity index (χ1n) is 12.0. The van der Waals surface area contributed by atoms with Crippen molar-refractivity contribution < 1.29 is 19.1 Å². The molecule has 3 rings (SSSR count). The Bertz CT molecular complexity index is 1080. The molecule has 2 fully saturated rings. The molecule has 8 heteroatoms. The molecule has 1 N–H and O–H groups in total. The summed E-state index contributed by atoms with van der Waals surface area (Å²) in [4.78, 5) is 27.7. The van der Waals surface area contributed by atoms with Gasteiger partial charge in [-0.2, -0.15) is 0 Å². The second kappa shape index (κ2) is 11.1. The van der Waals surface area contributed by atoms with E-state index in [1.54, 1.807) is 18.2 Å². The van der Waals surface area contributed by atoms with Gasteiger partial charge in [-0.25, -0.2) is 4.79 Å². The van der Waals surface area contributed by atoms with Crippen LogP contribution in [0.1, 0.15) is 57.7 Å². The Morgan fingerprint density at radius 3 is 2.64 bits per heavy atom. The molecule has 0 radical (unpaired) electrons. The second-order valence-corrected chi connectivity index (χ2v) is 11.3. The number of methoxy groups -OCH3 is 1. The lowest BCUT2D eigenvalue weighted by Crippen LogP contribution is -2.61. The molecule has 196 valence electrons. The fraction of sp³-hybridized carbons (Fsp3) is 0.500. The lowest BCUT2D eigenvalue weighted by atomic mass is 9.80. The van der Waals surface area contributed by atoms with Crippen LogP contribution in [-0.4, -0.2) is 48.3 Å². The molecule has 4 atom stereocenters. The van der Waals surface area contributed by atoms with E-state index in [9.17, 15) is 9.59 Å². The molecule has 1 aromatic carbocycles. The van der Waals surface area contributed by atoms with Crippen LogP contribution in [0.15, 0.2) is 54.7 Å². The number of rotatable bonds is 7. The number of amides is 1. The van der Waals surface area contributed by atoms with E-state index in [0.717, 1.165) is 11.1 Å². The Kier molecular flexibility index (Phi) is 8.77. The average Bonchev–Trinajstić information content (AvgIpc) is 3.11. The summed E-state index contributed by atoms with van der Waals surface area (Å²) in [5.74, 6) is -0.289. The first-order chi connectivity index (χ1) is 16.8. The van der Waals surface area contributed by atoms with E-state index in [4.69, 9.17) is 32.7 Å². The number of halogens is 2. The van der Waals surface area contributed by atoms with Crippen molar-refractivity contribution in [2.24, 2.45) is 5.41 Å². The fourth-order valence-corrected chi connectivity index (χ4v) is 5.33. The molecule has 0 saturated carbocycles. The standard InChI is InChI=1S/C28H36Cl2N2O4/c1-17(8-9-18(2)26(34)35-7)19(3)32-25(33)24(21-12-20(16-29)13-22(30)14-21)31-28(32)10-11-36-23(15-28)27(4,5)6/h8-9,12-14,19,23-24,31H,1-2,10-11,15-16H2,3-7H3/b9-8-. The molecule has 4 unspecified atom stereocenters. The number of benzene rings is 1.